The van der Waals surface area contributed by atoms with Crippen molar-refractivity contribution < 1.29 is 5.11 Å². The van der Waals surface area contributed by atoms with Crippen molar-refractivity contribution in [3.05, 3.63) is 6.92 Å². The molecule has 0 aliphatic carbocycles. The van der Waals surface area contributed by atoms with Crippen LogP contribution in [-0.2, 0) is 0 Å². The van der Waals surface area contributed by atoms with Gasteiger partial charge in [0.05, 0.1) is 6.10 Å². The van der Waals surface area contributed by atoms with Crippen LogP contribution in [-0.4, -0.2) is 11.2 Å². The minimum Gasteiger partial charge on any atom is -0.392 e. The lowest BCUT2D eigenvalue weighted by molar-refractivity contribution is 0.125. The molecule has 1 radical (unpaired) electrons. The van der Waals surface area contributed by atoms with Crippen LogP contribution in [0.2, 0.25) is 0 Å². The summed E-state index contributed by atoms with van der Waals surface area (Å²) in [5.41, 5.74) is 0. The highest BCUT2D eigenvalue weighted by Crippen LogP contribution is 2.13. The Bertz CT molecular complexity index is 164. The Morgan fingerprint density at radius 3 is 2.54 bits per heavy atom. The van der Waals surface area contributed by atoms with E-state index < -0.39 is 0 Å². The average Bonchev–Trinajstić information content (AvgIpc) is 2.16. The van der Waals surface area contributed by atoms with E-state index in [-0.39, 0.29) is 12.0 Å². The Hall–Kier alpha value is -0.480. The van der Waals surface area contributed by atoms with Crippen LogP contribution in [0.1, 0.15) is 46.0 Å². The molecule has 1 heteroatoms. The number of hydrogen-bond donors (Lipinski definition) is 1. The maximum absolute atomic E-state index is 9.63. The van der Waals surface area contributed by atoms with Gasteiger partial charge in [0.25, 0.3) is 0 Å². The second-order valence-electron chi connectivity index (χ2n) is 3.30. The lowest BCUT2D eigenvalue weighted by Gasteiger charge is -2.15. The van der Waals surface area contributed by atoms with Gasteiger partial charge < -0.3 is 5.11 Å². The van der Waals surface area contributed by atoms with Crippen molar-refractivity contribution in [1.29, 1.82) is 0 Å². The smallest absolute Gasteiger partial charge is 0.0675 e. The molecule has 0 heterocycles. The molecule has 0 aliphatic heterocycles. The van der Waals surface area contributed by atoms with Crippen molar-refractivity contribution in [2.24, 2.45) is 5.92 Å². The zero-order valence-electron chi connectivity index (χ0n) is 8.84. The Labute approximate surface area is 82.5 Å². The SMILES string of the molecule is [CH2]CCC#CC(CCC)C(O)CC. The largest absolute Gasteiger partial charge is 0.392 e. The molecule has 0 spiro atoms. The molecule has 0 aromatic heterocycles. The van der Waals surface area contributed by atoms with E-state index in [1.54, 1.807) is 0 Å². The van der Waals surface area contributed by atoms with Crippen molar-refractivity contribution in [2.75, 3.05) is 0 Å². The zero-order chi connectivity index (χ0) is 10.1. The van der Waals surface area contributed by atoms with Gasteiger partial charge in [-0.1, -0.05) is 33.1 Å². The van der Waals surface area contributed by atoms with Crippen LogP contribution in [0.3, 0.4) is 0 Å². The summed E-state index contributed by atoms with van der Waals surface area (Å²) in [4.78, 5) is 0. The summed E-state index contributed by atoms with van der Waals surface area (Å²) in [6.07, 6.45) is 4.33. The third-order valence-electron chi connectivity index (χ3n) is 2.07. The first-order chi connectivity index (χ1) is 6.26. The van der Waals surface area contributed by atoms with Gasteiger partial charge in [0.2, 0.25) is 0 Å². The second kappa shape index (κ2) is 8.13. The fourth-order valence-electron chi connectivity index (χ4n) is 1.25. The van der Waals surface area contributed by atoms with Crippen LogP contribution in [0.5, 0.6) is 0 Å². The molecule has 2 atom stereocenters. The lowest BCUT2D eigenvalue weighted by Crippen LogP contribution is -2.17. The first kappa shape index (κ1) is 12.5. The molecular formula is C12H21O. The van der Waals surface area contributed by atoms with E-state index in [0.29, 0.717) is 0 Å². The minimum absolute atomic E-state index is 0.168. The van der Waals surface area contributed by atoms with E-state index in [1.807, 2.05) is 6.92 Å². The molecule has 0 aliphatic rings. The Kier molecular flexibility index (Phi) is 7.83. The average molecular weight is 181 g/mol. The van der Waals surface area contributed by atoms with E-state index >= 15 is 0 Å². The quantitative estimate of drug-likeness (QED) is 0.647. The van der Waals surface area contributed by atoms with Crippen molar-refractivity contribution in [2.45, 2.75) is 52.1 Å². The molecule has 0 saturated carbocycles. The van der Waals surface area contributed by atoms with Crippen LogP contribution in [0, 0.1) is 24.7 Å². The summed E-state index contributed by atoms with van der Waals surface area (Å²) < 4.78 is 0. The van der Waals surface area contributed by atoms with Gasteiger partial charge in [-0.15, -0.1) is 5.92 Å². The van der Waals surface area contributed by atoms with E-state index in [4.69, 9.17) is 0 Å². The van der Waals surface area contributed by atoms with Gasteiger partial charge in [-0.05, 0) is 19.3 Å². The van der Waals surface area contributed by atoms with E-state index in [0.717, 1.165) is 32.1 Å². The Morgan fingerprint density at radius 1 is 1.38 bits per heavy atom. The molecule has 0 aromatic rings. The van der Waals surface area contributed by atoms with E-state index in [9.17, 15) is 5.11 Å². The number of aliphatic hydroxyl groups is 1. The highest BCUT2D eigenvalue weighted by Gasteiger charge is 2.13. The normalized spacial score (nSPS) is 14.5. The third kappa shape index (κ3) is 5.71. The highest BCUT2D eigenvalue weighted by atomic mass is 16.3. The number of aliphatic hydroxyl groups excluding tert-OH is 1. The molecule has 2 unspecified atom stereocenters. The molecule has 0 fully saturated rings. The molecule has 75 valence electrons. The van der Waals surface area contributed by atoms with Crippen molar-refractivity contribution >= 4 is 0 Å². The van der Waals surface area contributed by atoms with Gasteiger partial charge in [0.1, 0.15) is 0 Å². The lowest BCUT2D eigenvalue weighted by atomic mass is 9.96. The van der Waals surface area contributed by atoms with Crippen LogP contribution in [0.25, 0.3) is 0 Å². The zero-order valence-corrected chi connectivity index (χ0v) is 8.84. The fraction of sp³-hybridized carbons (Fsp3) is 0.750. The summed E-state index contributed by atoms with van der Waals surface area (Å²) in [6, 6.07) is 0. The van der Waals surface area contributed by atoms with Crippen LogP contribution >= 0.6 is 0 Å². The third-order valence-corrected chi connectivity index (χ3v) is 2.07. The summed E-state index contributed by atoms with van der Waals surface area (Å²) in [5.74, 6) is 6.36. The molecule has 0 amide bonds. The van der Waals surface area contributed by atoms with Crippen LogP contribution < -0.4 is 0 Å². The molecule has 0 saturated heterocycles. The van der Waals surface area contributed by atoms with Gasteiger partial charge in [-0.2, -0.15) is 0 Å². The van der Waals surface area contributed by atoms with Gasteiger partial charge >= 0.3 is 0 Å². The molecule has 1 nitrogen and oxygen atoms in total. The number of hydrogen-bond acceptors (Lipinski definition) is 1. The minimum atomic E-state index is -0.253. The van der Waals surface area contributed by atoms with Gasteiger partial charge in [-0.25, -0.2) is 0 Å². The standard InChI is InChI=1S/C12H21O/c1-4-7-8-10-11(9-5-2)12(13)6-3/h11-13H,1,4-7,9H2,2-3H3. The van der Waals surface area contributed by atoms with Crippen molar-refractivity contribution in [3.8, 4) is 11.8 Å². The predicted molar refractivity (Wildman–Crippen MR) is 57.1 cm³/mol. The highest BCUT2D eigenvalue weighted by molar-refractivity contribution is 5.05. The molecule has 1 N–H and O–H groups in total. The summed E-state index contributed by atoms with van der Waals surface area (Å²) >= 11 is 0. The van der Waals surface area contributed by atoms with Crippen molar-refractivity contribution in [1.82, 2.24) is 0 Å². The molecule has 0 rings (SSSR count). The van der Waals surface area contributed by atoms with Gasteiger partial charge in [0, 0.05) is 12.3 Å². The maximum atomic E-state index is 9.63. The second-order valence-corrected chi connectivity index (χ2v) is 3.30. The molecular weight excluding hydrogens is 160 g/mol. The number of unbranched alkanes of at least 4 members (excludes halogenated alkanes) is 1. The van der Waals surface area contributed by atoms with E-state index in [1.165, 1.54) is 0 Å². The summed E-state index contributed by atoms with van der Waals surface area (Å²) in [6.45, 7) is 7.85. The van der Waals surface area contributed by atoms with Gasteiger partial charge in [0.15, 0.2) is 0 Å². The maximum Gasteiger partial charge on any atom is 0.0675 e. The topological polar surface area (TPSA) is 20.2 Å². The Balaban J connectivity index is 4.02. The Morgan fingerprint density at radius 2 is 2.08 bits per heavy atom. The molecule has 0 aromatic carbocycles. The molecule has 0 bridgehead atoms. The summed E-state index contributed by atoms with van der Waals surface area (Å²) in [7, 11) is 0. The number of rotatable bonds is 5. The fourth-order valence-corrected chi connectivity index (χ4v) is 1.25. The van der Waals surface area contributed by atoms with Crippen molar-refractivity contribution in [3.63, 3.8) is 0 Å². The predicted octanol–water partition coefficient (Wildman–Crippen LogP) is 2.79. The van der Waals surface area contributed by atoms with Crippen LogP contribution in [0.15, 0.2) is 0 Å². The first-order valence-electron chi connectivity index (χ1n) is 5.21. The summed E-state index contributed by atoms with van der Waals surface area (Å²) in [5, 5.41) is 9.63. The first-order valence-corrected chi connectivity index (χ1v) is 5.21. The molecule has 13 heavy (non-hydrogen) atoms. The van der Waals surface area contributed by atoms with Gasteiger partial charge in [-0.3, -0.25) is 0 Å². The van der Waals surface area contributed by atoms with Crippen LogP contribution in [0.4, 0.5) is 0 Å². The monoisotopic (exact) mass is 181 g/mol. The van der Waals surface area contributed by atoms with E-state index in [2.05, 4.69) is 25.7 Å².